The van der Waals surface area contributed by atoms with Crippen LogP contribution in [-0.4, -0.2) is 26.2 Å². The molecule has 0 aliphatic rings. The van der Waals surface area contributed by atoms with Crippen LogP contribution in [0.4, 0.5) is 0 Å². The van der Waals surface area contributed by atoms with Gasteiger partial charge in [0.2, 0.25) is 5.16 Å². The number of benzene rings is 1. The maximum absolute atomic E-state index is 8.74. The SMILES string of the molecule is Cc1nc(Sc2cc(Cl)ccc2C(N)=NO)n[nH]1. The van der Waals surface area contributed by atoms with E-state index in [0.29, 0.717) is 21.6 Å². The summed E-state index contributed by atoms with van der Waals surface area (Å²) in [5.41, 5.74) is 6.18. The number of amidine groups is 1. The third-order valence-corrected chi connectivity index (χ3v) is 3.26. The van der Waals surface area contributed by atoms with Crippen molar-refractivity contribution in [2.24, 2.45) is 10.9 Å². The largest absolute Gasteiger partial charge is 0.409 e. The molecule has 4 N–H and O–H groups in total. The maximum atomic E-state index is 8.74. The predicted octanol–water partition coefficient (Wildman–Crippen LogP) is 2.01. The Hall–Kier alpha value is -1.73. The fraction of sp³-hybridized carbons (Fsp3) is 0.100. The highest BCUT2D eigenvalue weighted by molar-refractivity contribution is 7.99. The van der Waals surface area contributed by atoms with E-state index in [0.717, 1.165) is 4.90 Å². The van der Waals surface area contributed by atoms with Crippen LogP contribution in [0, 0.1) is 6.92 Å². The van der Waals surface area contributed by atoms with Gasteiger partial charge in [-0.3, -0.25) is 5.10 Å². The molecule has 2 rings (SSSR count). The Kier molecular flexibility index (Phi) is 3.73. The Bertz CT molecular complexity index is 598. The standard InChI is InChI=1S/C10H10ClN5OS/c1-5-13-10(15-14-5)18-8-4-6(11)2-3-7(8)9(12)16-17/h2-4,17H,1H3,(H2,12,16)(H,13,14,15). The van der Waals surface area contributed by atoms with Crippen molar-refractivity contribution < 1.29 is 5.21 Å². The van der Waals surface area contributed by atoms with Crippen LogP contribution in [0.5, 0.6) is 0 Å². The van der Waals surface area contributed by atoms with E-state index < -0.39 is 0 Å². The molecule has 0 bridgehead atoms. The van der Waals surface area contributed by atoms with Crippen molar-refractivity contribution >= 4 is 29.2 Å². The first-order valence-electron chi connectivity index (χ1n) is 4.94. The van der Waals surface area contributed by atoms with Gasteiger partial charge in [0.25, 0.3) is 0 Å². The Morgan fingerprint density at radius 3 is 2.94 bits per heavy atom. The average molecular weight is 284 g/mol. The summed E-state index contributed by atoms with van der Waals surface area (Å²) in [7, 11) is 0. The highest BCUT2D eigenvalue weighted by atomic mass is 35.5. The summed E-state index contributed by atoms with van der Waals surface area (Å²) in [4.78, 5) is 4.89. The van der Waals surface area contributed by atoms with Gasteiger partial charge in [-0.2, -0.15) is 0 Å². The van der Waals surface area contributed by atoms with Gasteiger partial charge in [-0.25, -0.2) is 4.98 Å². The van der Waals surface area contributed by atoms with Crippen molar-refractivity contribution in [1.29, 1.82) is 0 Å². The molecule has 0 aliphatic heterocycles. The molecular weight excluding hydrogens is 274 g/mol. The van der Waals surface area contributed by atoms with E-state index in [-0.39, 0.29) is 5.84 Å². The lowest BCUT2D eigenvalue weighted by molar-refractivity contribution is 0.318. The molecule has 0 radical (unpaired) electrons. The van der Waals surface area contributed by atoms with Crippen LogP contribution in [0.3, 0.4) is 0 Å². The lowest BCUT2D eigenvalue weighted by atomic mass is 10.2. The number of halogens is 1. The topological polar surface area (TPSA) is 100 Å². The highest BCUT2D eigenvalue weighted by Gasteiger charge is 2.11. The van der Waals surface area contributed by atoms with Gasteiger partial charge < -0.3 is 10.9 Å². The molecule has 0 unspecified atom stereocenters. The smallest absolute Gasteiger partial charge is 0.213 e. The summed E-state index contributed by atoms with van der Waals surface area (Å²) in [6.45, 7) is 1.81. The van der Waals surface area contributed by atoms with E-state index in [1.807, 2.05) is 0 Å². The molecule has 1 aromatic heterocycles. The normalized spacial score (nSPS) is 11.8. The minimum atomic E-state index is 0.0152. The van der Waals surface area contributed by atoms with Gasteiger partial charge in [-0.15, -0.1) is 5.10 Å². The minimum Gasteiger partial charge on any atom is -0.409 e. The average Bonchev–Trinajstić information content (AvgIpc) is 2.74. The lowest BCUT2D eigenvalue weighted by Crippen LogP contribution is -2.14. The second kappa shape index (κ2) is 5.28. The number of hydrogen-bond acceptors (Lipinski definition) is 5. The summed E-state index contributed by atoms with van der Waals surface area (Å²) in [5.74, 6) is 0.728. The second-order valence-corrected chi connectivity index (χ2v) is 4.88. The second-order valence-electron chi connectivity index (χ2n) is 3.43. The van der Waals surface area contributed by atoms with Gasteiger partial charge in [0.05, 0.1) is 0 Å². The Morgan fingerprint density at radius 2 is 2.33 bits per heavy atom. The first-order chi connectivity index (χ1) is 8.60. The van der Waals surface area contributed by atoms with Crippen LogP contribution in [-0.2, 0) is 0 Å². The molecule has 0 amide bonds. The van der Waals surface area contributed by atoms with E-state index in [1.165, 1.54) is 11.8 Å². The van der Waals surface area contributed by atoms with Crippen molar-refractivity contribution in [2.45, 2.75) is 17.0 Å². The zero-order valence-electron chi connectivity index (χ0n) is 9.38. The lowest BCUT2D eigenvalue weighted by Gasteiger charge is -2.06. The van der Waals surface area contributed by atoms with Crippen molar-refractivity contribution in [2.75, 3.05) is 0 Å². The van der Waals surface area contributed by atoms with Crippen LogP contribution in [0.1, 0.15) is 11.4 Å². The number of aryl methyl sites for hydroxylation is 1. The minimum absolute atomic E-state index is 0.0152. The maximum Gasteiger partial charge on any atom is 0.213 e. The monoisotopic (exact) mass is 283 g/mol. The Balaban J connectivity index is 2.39. The number of nitrogens with zero attached hydrogens (tertiary/aromatic N) is 3. The Labute approximate surface area is 112 Å². The van der Waals surface area contributed by atoms with Crippen LogP contribution in [0.15, 0.2) is 33.4 Å². The summed E-state index contributed by atoms with van der Waals surface area (Å²) in [6.07, 6.45) is 0. The number of nitrogens with one attached hydrogen (secondary N) is 1. The number of nitrogens with two attached hydrogens (primary N) is 1. The van der Waals surface area contributed by atoms with Crippen molar-refractivity contribution in [3.05, 3.63) is 34.6 Å². The molecule has 0 atom stereocenters. The summed E-state index contributed by atoms with van der Waals surface area (Å²) in [6, 6.07) is 5.06. The summed E-state index contributed by atoms with van der Waals surface area (Å²) in [5, 5.41) is 19.6. The number of aromatic nitrogens is 3. The van der Waals surface area contributed by atoms with E-state index in [9.17, 15) is 0 Å². The molecule has 0 spiro atoms. The Morgan fingerprint density at radius 1 is 1.56 bits per heavy atom. The first kappa shape index (κ1) is 12.7. The van der Waals surface area contributed by atoms with Crippen LogP contribution in [0.2, 0.25) is 5.02 Å². The molecule has 8 heteroatoms. The summed E-state index contributed by atoms with van der Waals surface area (Å²) < 4.78 is 0. The fourth-order valence-electron chi connectivity index (χ4n) is 1.31. The molecule has 0 saturated carbocycles. The quantitative estimate of drug-likeness (QED) is 0.346. The zero-order chi connectivity index (χ0) is 13.1. The van der Waals surface area contributed by atoms with Crippen LogP contribution < -0.4 is 5.73 Å². The molecular formula is C10H10ClN5OS. The molecule has 94 valence electrons. The van der Waals surface area contributed by atoms with Gasteiger partial charge >= 0.3 is 0 Å². The fourth-order valence-corrected chi connectivity index (χ4v) is 2.49. The third kappa shape index (κ3) is 2.74. The predicted molar refractivity (Wildman–Crippen MR) is 69.2 cm³/mol. The van der Waals surface area contributed by atoms with Gasteiger partial charge in [-0.1, -0.05) is 16.8 Å². The van der Waals surface area contributed by atoms with Crippen molar-refractivity contribution in [3.63, 3.8) is 0 Å². The third-order valence-electron chi connectivity index (χ3n) is 2.11. The van der Waals surface area contributed by atoms with Crippen molar-refractivity contribution in [3.8, 4) is 0 Å². The molecule has 0 saturated heterocycles. The van der Waals surface area contributed by atoms with E-state index in [4.69, 9.17) is 22.5 Å². The summed E-state index contributed by atoms with van der Waals surface area (Å²) >= 11 is 7.21. The number of rotatable bonds is 3. The highest BCUT2D eigenvalue weighted by Crippen LogP contribution is 2.30. The molecule has 6 nitrogen and oxygen atoms in total. The number of hydrogen-bond donors (Lipinski definition) is 3. The van der Waals surface area contributed by atoms with Crippen LogP contribution in [0.25, 0.3) is 0 Å². The van der Waals surface area contributed by atoms with Gasteiger partial charge in [0, 0.05) is 15.5 Å². The molecule has 2 aromatic rings. The number of oxime groups is 1. The van der Waals surface area contributed by atoms with E-state index >= 15 is 0 Å². The molecule has 1 aromatic carbocycles. The first-order valence-corrected chi connectivity index (χ1v) is 6.14. The van der Waals surface area contributed by atoms with Gasteiger partial charge in [0.1, 0.15) is 5.82 Å². The van der Waals surface area contributed by atoms with E-state index in [2.05, 4.69) is 20.3 Å². The van der Waals surface area contributed by atoms with Gasteiger partial charge in [-0.05, 0) is 36.9 Å². The molecule has 0 aliphatic carbocycles. The van der Waals surface area contributed by atoms with Crippen LogP contribution >= 0.6 is 23.4 Å². The van der Waals surface area contributed by atoms with Crippen molar-refractivity contribution in [1.82, 2.24) is 15.2 Å². The molecule has 18 heavy (non-hydrogen) atoms. The van der Waals surface area contributed by atoms with Gasteiger partial charge in [0.15, 0.2) is 5.84 Å². The molecule has 1 heterocycles. The number of H-pyrrole nitrogens is 1. The number of aromatic amines is 1. The zero-order valence-corrected chi connectivity index (χ0v) is 11.0. The molecule has 0 fully saturated rings. The van der Waals surface area contributed by atoms with E-state index in [1.54, 1.807) is 25.1 Å².